The van der Waals surface area contributed by atoms with Gasteiger partial charge in [-0.15, -0.1) is 0 Å². The lowest BCUT2D eigenvalue weighted by Gasteiger charge is -2.17. The predicted molar refractivity (Wildman–Crippen MR) is 86.6 cm³/mol. The van der Waals surface area contributed by atoms with E-state index in [0.29, 0.717) is 16.3 Å². The summed E-state index contributed by atoms with van der Waals surface area (Å²) in [4.78, 5) is 14.3. The zero-order valence-corrected chi connectivity index (χ0v) is 13.1. The van der Waals surface area contributed by atoms with Crippen molar-refractivity contribution in [3.05, 3.63) is 59.1 Å². The molecule has 2 rings (SSSR count). The first-order chi connectivity index (χ1) is 9.97. The van der Waals surface area contributed by atoms with E-state index in [1.165, 1.54) is 0 Å². The summed E-state index contributed by atoms with van der Waals surface area (Å²) in [7, 11) is 3.92. The lowest BCUT2D eigenvalue weighted by molar-refractivity contribution is 0.0818. The Kier molecular flexibility index (Phi) is 4.86. The molecule has 1 atom stereocenters. The van der Waals surface area contributed by atoms with Crippen molar-refractivity contribution in [1.82, 2.24) is 0 Å². The third-order valence-electron chi connectivity index (χ3n) is 3.14. The molecule has 0 aliphatic rings. The molecule has 0 saturated heterocycles. The molecule has 0 aliphatic heterocycles. The highest BCUT2D eigenvalue weighted by molar-refractivity contribution is 6.30. The van der Waals surface area contributed by atoms with Gasteiger partial charge in [-0.3, -0.25) is 4.79 Å². The Morgan fingerprint density at radius 3 is 2.43 bits per heavy atom. The van der Waals surface area contributed by atoms with Gasteiger partial charge in [0.1, 0.15) is 5.75 Å². The molecule has 0 bridgehead atoms. The number of carbonyl (C=O) groups is 1. The maximum absolute atomic E-state index is 12.3. The smallest absolute Gasteiger partial charge is 0.202 e. The summed E-state index contributed by atoms with van der Waals surface area (Å²) in [5, 5.41) is 0.610. The molecule has 1 unspecified atom stereocenters. The van der Waals surface area contributed by atoms with Gasteiger partial charge >= 0.3 is 0 Å². The molecule has 2 aromatic carbocycles. The number of carbonyl (C=O) groups excluding carboxylic acids is 1. The minimum Gasteiger partial charge on any atom is -0.482 e. The summed E-state index contributed by atoms with van der Waals surface area (Å²) in [6.45, 7) is 1.75. The van der Waals surface area contributed by atoms with E-state index < -0.39 is 6.10 Å². The van der Waals surface area contributed by atoms with Crippen molar-refractivity contribution < 1.29 is 9.53 Å². The number of ether oxygens (including phenoxy) is 1. The number of halogens is 1. The molecule has 0 fully saturated rings. The Bertz CT molecular complexity index is 623. The normalized spacial score (nSPS) is 11.8. The van der Waals surface area contributed by atoms with Crippen molar-refractivity contribution >= 4 is 23.1 Å². The molecule has 0 saturated carbocycles. The lowest BCUT2D eigenvalue weighted by atomic mass is 10.1. The quantitative estimate of drug-likeness (QED) is 0.780. The number of hydrogen-bond acceptors (Lipinski definition) is 3. The van der Waals surface area contributed by atoms with Crippen LogP contribution in [0.2, 0.25) is 5.02 Å². The van der Waals surface area contributed by atoms with Crippen LogP contribution in [0.4, 0.5) is 5.69 Å². The van der Waals surface area contributed by atoms with Crippen LogP contribution >= 0.6 is 11.6 Å². The summed E-state index contributed by atoms with van der Waals surface area (Å²) in [6, 6.07) is 14.5. The van der Waals surface area contributed by atoms with Gasteiger partial charge < -0.3 is 9.64 Å². The summed E-state index contributed by atoms with van der Waals surface area (Å²) >= 11 is 5.83. The van der Waals surface area contributed by atoms with Crippen LogP contribution in [0.1, 0.15) is 17.3 Å². The molecule has 2 aromatic rings. The van der Waals surface area contributed by atoms with Gasteiger partial charge in [0.25, 0.3) is 0 Å². The fourth-order valence-corrected chi connectivity index (χ4v) is 2.07. The second-order valence-corrected chi connectivity index (χ2v) is 5.46. The molecule has 110 valence electrons. The van der Waals surface area contributed by atoms with Crippen LogP contribution < -0.4 is 9.64 Å². The Balaban J connectivity index is 2.10. The average Bonchev–Trinajstić information content (AvgIpc) is 2.47. The van der Waals surface area contributed by atoms with Crippen molar-refractivity contribution in [1.29, 1.82) is 0 Å². The number of nitrogens with zero attached hydrogens (tertiary/aromatic N) is 1. The molecule has 0 aliphatic carbocycles. The molecule has 3 nitrogen and oxygen atoms in total. The van der Waals surface area contributed by atoms with Crippen molar-refractivity contribution in [2.45, 2.75) is 13.0 Å². The lowest BCUT2D eigenvalue weighted by Crippen LogP contribution is -2.24. The second kappa shape index (κ2) is 6.64. The van der Waals surface area contributed by atoms with E-state index in [-0.39, 0.29) is 5.78 Å². The summed E-state index contributed by atoms with van der Waals surface area (Å²) in [6.07, 6.45) is -0.552. The topological polar surface area (TPSA) is 29.5 Å². The van der Waals surface area contributed by atoms with Gasteiger partial charge in [-0.25, -0.2) is 0 Å². The second-order valence-electron chi connectivity index (χ2n) is 5.02. The van der Waals surface area contributed by atoms with E-state index in [0.717, 1.165) is 5.69 Å². The van der Waals surface area contributed by atoms with Crippen LogP contribution in [0, 0.1) is 0 Å². The van der Waals surface area contributed by atoms with Gasteiger partial charge in [0.15, 0.2) is 6.10 Å². The Morgan fingerprint density at radius 1 is 1.14 bits per heavy atom. The number of anilines is 1. The molecule has 0 aromatic heterocycles. The highest BCUT2D eigenvalue weighted by Gasteiger charge is 2.17. The first kappa shape index (κ1) is 15.4. The summed E-state index contributed by atoms with van der Waals surface area (Å²) in [5.74, 6) is 0.609. The zero-order chi connectivity index (χ0) is 15.4. The predicted octanol–water partition coefficient (Wildman–Crippen LogP) is 4.06. The minimum atomic E-state index is -0.552. The van der Waals surface area contributed by atoms with E-state index >= 15 is 0 Å². The molecule has 4 heteroatoms. The molecule has 0 spiro atoms. The van der Waals surface area contributed by atoms with Gasteiger partial charge in [0.05, 0.1) is 0 Å². The summed E-state index contributed by atoms with van der Waals surface area (Å²) < 4.78 is 5.74. The van der Waals surface area contributed by atoms with E-state index in [1.807, 2.05) is 43.3 Å². The minimum absolute atomic E-state index is 0.0677. The van der Waals surface area contributed by atoms with E-state index in [2.05, 4.69) is 0 Å². The standard InChI is InChI=1S/C17H18ClNO2/c1-12(17(20)13-7-9-14(18)10-8-13)21-16-6-4-5-15(11-16)19(2)3/h4-12H,1-3H3. The fourth-order valence-electron chi connectivity index (χ4n) is 1.94. The van der Waals surface area contributed by atoms with Crippen molar-refractivity contribution in [2.24, 2.45) is 0 Å². The van der Waals surface area contributed by atoms with E-state index in [1.54, 1.807) is 31.2 Å². The molecular formula is C17H18ClNO2. The van der Waals surface area contributed by atoms with Crippen LogP contribution in [0.5, 0.6) is 5.75 Å². The van der Waals surface area contributed by atoms with Gasteiger partial charge in [0, 0.05) is 36.4 Å². The monoisotopic (exact) mass is 303 g/mol. The van der Waals surface area contributed by atoms with Gasteiger partial charge in [0.2, 0.25) is 5.78 Å². The van der Waals surface area contributed by atoms with Crippen molar-refractivity contribution in [2.75, 3.05) is 19.0 Å². The number of hydrogen-bond donors (Lipinski definition) is 0. The maximum atomic E-state index is 12.3. The molecule has 0 amide bonds. The molecule has 0 heterocycles. The van der Waals surface area contributed by atoms with Gasteiger partial charge in [-0.2, -0.15) is 0 Å². The summed E-state index contributed by atoms with van der Waals surface area (Å²) in [5.41, 5.74) is 1.62. The maximum Gasteiger partial charge on any atom is 0.202 e. The average molecular weight is 304 g/mol. The van der Waals surface area contributed by atoms with Crippen LogP contribution in [-0.4, -0.2) is 26.0 Å². The SMILES string of the molecule is CC(Oc1cccc(N(C)C)c1)C(=O)c1ccc(Cl)cc1. The molecule has 21 heavy (non-hydrogen) atoms. The van der Waals surface area contributed by atoms with Crippen LogP contribution in [0.3, 0.4) is 0 Å². The van der Waals surface area contributed by atoms with E-state index in [4.69, 9.17) is 16.3 Å². The van der Waals surface area contributed by atoms with Crippen LogP contribution in [0.25, 0.3) is 0 Å². The third-order valence-corrected chi connectivity index (χ3v) is 3.40. The Morgan fingerprint density at radius 2 is 1.81 bits per heavy atom. The molecule has 0 N–H and O–H groups in total. The van der Waals surface area contributed by atoms with Gasteiger partial charge in [-0.1, -0.05) is 17.7 Å². The Hall–Kier alpha value is -2.00. The number of rotatable bonds is 5. The van der Waals surface area contributed by atoms with Crippen molar-refractivity contribution in [3.8, 4) is 5.75 Å². The fraction of sp³-hybridized carbons (Fsp3) is 0.235. The molecular weight excluding hydrogens is 286 g/mol. The van der Waals surface area contributed by atoms with Crippen LogP contribution in [-0.2, 0) is 0 Å². The number of ketones is 1. The van der Waals surface area contributed by atoms with E-state index in [9.17, 15) is 4.79 Å². The largest absolute Gasteiger partial charge is 0.482 e. The number of Topliss-reactive ketones (excluding diaryl/α,β-unsaturated/α-hetero) is 1. The van der Waals surface area contributed by atoms with Crippen molar-refractivity contribution in [3.63, 3.8) is 0 Å². The Labute approximate surface area is 130 Å². The first-order valence-electron chi connectivity index (χ1n) is 6.71. The third kappa shape index (κ3) is 3.99. The highest BCUT2D eigenvalue weighted by Crippen LogP contribution is 2.21. The number of benzene rings is 2. The molecule has 0 radical (unpaired) electrons. The highest BCUT2D eigenvalue weighted by atomic mass is 35.5. The first-order valence-corrected chi connectivity index (χ1v) is 7.09. The van der Waals surface area contributed by atoms with Gasteiger partial charge in [-0.05, 0) is 43.3 Å². The van der Waals surface area contributed by atoms with Crippen LogP contribution in [0.15, 0.2) is 48.5 Å². The zero-order valence-electron chi connectivity index (χ0n) is 12.3.